The van der Waals surface area contributed by atoms with Crippen LogP contribution in [-0.2, 0) is 0 Å². The van der Waals surface area contributed by atoms with Gasteiger partial charge in [-0.15, -0.1) is 0 Å². The molecule has 0 aliphatic heterocycles. The van der Waals surface area contributed by atoms with Gasteiger partial charge in [0, 0.05) is 6.07 Å². The zero-order valence-corrected chi connectivity index (χ0v) is 13.2. The molecule has 5 nitrogen and oxygen atoms in total. The summed E-state index contributed by atoms with van der Waals surface area (Å²) in [4.78, 5) is 25.6. The molecule has 0 amide bonds. The van der Waals surface area contributed by atoms with Crippen molar-refractivity contribution < 1.29 is 19.4 Å². The van der Waals surface area contributed by atoms with Gasteiger partial charge in [0.1, 0.15) is 11.5 Å². The van der Waals surface area contributed by atoms with Crippen LogP contribution >= 0.6 is 0 Å². The topological polar surface area (TPSA) is 89.6 Å². The second-order valence-electron chi connectivity index (χ2n) is 6.02. The fourth-order valence-corrected chi connectivity index (χ4v) is 3.31. The molecule has 2 aromatic carbocycles. The summed E-state index contributed by atoms with van der Waals surface area (Å²) in [6.45, 7) is 0. The summed E-state index contributed by atoms with van der Waals surface area (Å²) < 4.78 is 5.70. The number of phenols is 1. The van der Waals surface area contributed by atoms with E-state index < -0.39 is 11.8 Å². The highest BCUT2D eigenvalue weighted by Gasteiger charge is 2.43. The molecule has 0 fully saturated rings. The third-order valence-corrected chi connectivity index (χ3v) is 4.51. The number of ether oxygens (including phenoxy) is 1. The summed E-state index contributed by atoms with van der Waals surface area (Å²) in [7, 11) is 0. The lowest BCUT2D eigenvalue weighted by molar-refractivity contribution is 0.0799. The number of para-hydroxylation sites is 1. The molecule has 0 saturated heterocycles. The number of anilines is 1. The Balaban J connectivity index is 1.86. The number of hydrogen-bond acceptors (Lipinski definition) is 5. The summed E-state index contributed by atoms with van der Waals surface area (Å²) in [5.74, 6) is -1.43. The van der Waals surface area contributed by atoms with Gasteiger partial charge in [0.25, 0.3) is 0 Å². The molecule has 0 radical (unpaired) electrons. The molecule has 2 aliphatic rings. The van der Waals surface area contributed by atoms with Crippen LogP contribution in [0.3, 0.4) is 0 Å². The predicted molar refractivity (Wildman–Crippen MR) is 93.0 cm³/mol. The van der Waals surface area contributed by atoms with E-state index in [0.29, 0.717) is 5.75 Å². The molecule has 2 aromatic rings. The molecule has 0 heterocycles. The van der Waals surface area contributed by atoms with E-state index in [1.165, 1.54) is 6.07 Å². The Hall–Kier alpha value is -3.34. The van der Waals surface area contributed by atoms with Crippen LogP contribution in [0, 0.1) is 11.8 Å². The highest BCUT2D eigenvalue weighted by molar-refractivity contribution is 6.21. The van der Waals surface area contributed by atoms with E-state index >= 15 is 0 Å². The standard InChI is InChI=1S/C20H15NO4/c21-18-15(25-11-6-2-1-3-7-11)10-14(22)16-17(18)20(24)13-9-5-4-8-12(13)19(16)23/h1-10,12-13,22H,21H2. The van der Waals surface area contributed by atoms with E-state index in [1.807, 2.05) is 6.07 Å². The van der Waals surface area contributed by atoms with Gasteiger partial charge in [-0.25, -0.2) is 0 Å². The van der Waals surface area contributed by atoms with E-state index in [0.717, 1.165) is 0 Å². The summed E-state index contributed by atoms with van der Waals surface area (Å²) >= 11 is 0. The first-order valence-corrected chi connectivity index (χ1v) is 7.89. The zero-order valence-electron chi connectivity index (χ0n) is 13.2. The normalized spacial score (nSPS) is 21.0. The number of rotatable bonds is 2. The third kappa shape index (κ3) is 2.32. The van der Waals surface area contributed by atoms with Crippen molar-refractivity contribution >= 4 is 17.3 Å². The summed E-state index contributed by atoms with van der Waals surface area (Å²) in [5.41, 5.74) is 6.23. The van der Waals surface area contributed by atoms with Gasteiger partial charge >= 0.3 is 0 Å². The number of fused-ring (bicyclic) bond motifs is 2. The lowest BCUT2D eigenvalue weighted by atomic mass is 9.71. The largest absolute Gasteiger partial charge is 0.507 e. The van der Waals surface area contributed by atoms with Gasteiger partial charge in [0.05, 0.1) is 28.7 Å². The average Bonchev–Trinajstić information content (AvgIpc) is 2.63. The van der Waals surface area contributed by atoms with Crippen LogP contribution in [0.25, 0.3) is 0 Å². The molecular weight excluding hydrogens is 318 g/mol. The van der Waals surface area contributed by atoms with Gasteiger partial charge in [-0.2, -0.15) is 0 Å². The van der Waals surface area contributed by atoms with Gasteiger partial charge < -0.3 is 15.6 Å². The summed E-state index contributed by atoms with van der Waals surface area (Å²) in [6.07, 6.45) is 6.83. The number of carbonyl (C=O) groups is 2. The van der Waals surface area contributed by atoms with Gasteiger partial charge in [-0.3, -0.25) is 9.59 Å². The minimum atomic E-state index is -0.601. The SMILES string of the molecule is Nc1c(Oc2ccccc2)cc(O)c2c1C(=O)C1C=CC=CC1C2=O. The number of allylic oxidation sites excluding steroid dienone is 4. The van der Waals surface area contributed by atoms with E-state index in [9.17, 15) is 14.7 Å². The Morgan fingerprint density at radius 1 is 0.920 bits per heavy atom. The van der Waals surface area contributed by atoms with Crippen LogP contribution in [0.2, 0.25) is 0 Å². The number of Topliss-reactive ketones (excluding diaryl/α,β-unsaturated/α-hetero) is 2. The predicted octanol–water partition coefficient (Wildman–Crippen LogP) is 3.50. The number of aromatic hydroxyl groups is 1. The molecule has 124 valence electrons. The molecule has 25 heavy (non-hydrogen) atoms. The fraction of sp³-hybridized carbons (Fsp3) is 0.100. The van der Waals surface area contributed by atoms with Gasteiger partial charge in [0.15, 0.2) is 17.3 Å². The van der Waals surface area contributed by atoms with Crippen molar-refractivity contribution in [2.24, 2.45) is 11.8 Å². The number of carbonyl (C=O) groups excluding carboxylic acids is 2. The third-order valence-electron chi connectivity index (χ3n) is 4.51. The van der Waals surface area contributed by atoms with Gasteiger partial charge in [-0.1, -0.05) is 42.5 Å². The van der Waals surface area contributed by atoms with Crippen LogP contribution in [0.5, 0.6) is 17.2 Å². The van der Waals surface area contributed by atoms with Crippen molar-refractivity contribution in [2.75, 3.05) is 5.73 Å². The first-order valence-electron chi connectivity index (χ1n) is 7.89. The van der Waals surface area contributed by atoms with E-state index in [4.69, 9.17) is 10.5 Å². The maximum atomic E-state index is 12.9. The van der Waals surface area contributed by atoms with E-state index in [1.54, 1.807) is 48.6 Å². The molecule has 5 heteroatoms. The first-order chi connectivity index (χ1) is 12.1. The Morgan fingerprint density at radius 2 is 1.52 bits per heavy atom. The molecule has 0 spiro atoms. The molecule has 3 N–H and O–H groups in total. The molecular formula is C20H15NO4. The van der Waals surface area contributed by atoms with E-state index in [2.05, 4.69) is 0 Å². The van der Waals surface area contributed by atoms with E-state index in [-0.39, 0.29) is 39.9 Å². The van der Waals surface area contributed by atoms with Crippen molar-refractivity contribution in [3.8, 4) is 17.2 Å². The maximum Gasteiger partial charge on any atom is 0.175 e. The highest BCUT2D eigenvalue weighted by atomic mass is 16.5. The second-order valence-corrected chi connectivity index (χ2v) is 6.02. The molecule has 2 aliphatic carbocycles. The van der Waals surface area contributed by atoms with Crippen molar-refractivity contribution in [3.05, 3.63) is 71.8 Å². The molecule has 4 rings (SSSR count). The molecule has 2 atom stereocenters. The number of phenolic OH excluding ortho intramolecular Hbond substituents is 1. The van der Waals surface area contributed by atoms with Crippen molar-refractivity contribution in [3.63, 3.8) is 0 Å². The number of hydrogen-bond donors (Lipinski definition) is 2. The smallest absolute Gasteiger partial charge is 0.175 e. The summed E-state index contributed by atoms with van der Waals surface area (Å²) in [6, 6.07) is 10.2. The van der Waals surface area contributed by atoms with Crippen molar-refractivity contribution in [1.82, 2.24) is 0 Å². The van der Waals surface area contributed by atoms with Crippen molar-refractivity contribution in [1.29, 1.82) is 0 Å². The maximum absolute atomic E-state index is 12.9. The van der Waals surface area contributed by atoms with Crippen LogP contribution in [0.1, 0.15) is 20.7 Å². The lowest BCUT2D eigenvalue weighted by Crippen LogP contribution is -2.36. The van der Waals surface area contributed by atoms with Crippen LogP contribution in [0.4, 0.5) is 5.69 Å². The van der Waals surface area contributed by atoms with Crippen LogP contribution in [-0.4, -0.2) is 16.7 Å². The Kier molecular flexibility index (Phi) is 3.42. The minimum absolute atomic E-state index is 0.0240. The highest BCUT2D eigenvalue weighted by Crippen LogP contribution is 2.44. The molecule has 0 bridgehead atoms. The summed E-state index contributed by atoms with van der Waals surface area (Å²) in [5, 5.41) is 10.4. The van der Waals surface area contributed by atoms with Crippen LogP contribution in [0.15, 0.2) is 60.7 Å². The van der Waals surface area contributed by atoms with Crippen molar-refractivity contribution in [2.45, 2.75) is 0 Å². The Morgan fingerprint density at radius 3 is 2.16 bits per heavy atom. The molecule has 0 aromatic heterocycles. The number of nitrogens with two attached hydrogens (primary N) is 1. The molecule has 0 saturated carbocycles. The quantitative estimate of drug-likeness (QED) is 0.648. The van der Waals surface area contributed by atoms with Crippen LogP contribution < -0.4 is 10.5 Å². The van der Waals surface area contributed by atoms with Gasteiger partial charge in [0.2, 0.25) is 0 Å². The fourth-order valence-electron chi connectivity index (χ4n) is 3.31. The Labute approximate surface area is 144 Å². The number of nitrogen functional groups attached to an aromatic ring is 1. The molecule has 2 unspecified atom stereocenters. The second kappa shape index (κ2) is 5.63. The minimum Gasteiger partial charge on any atom is -0.507 e. The average molecular weight is 333 g/mol. The number of benzene rings is 2. The number of ketones is 2. The Bertz CT molecular complexity index is 944. The van der Waals surface area contributed by atoms with Gasteiger partial charge in [-0.05, 0) is 12.1 Å². The first kappa shape index (κ1) is 15.2. The lowest BCUT2D eigenvalue weighted by Gasteiger charge is -2.30. The monoisotopic (exact) mass is 333 g/mol. The zero-order chi connectivity index (χ0) is 17.6.